The van der Waals surface area contributed by atoms with E-state index in [-0.39, 0.29) is 0 Å². The van der Waals surface area contributed by atoms with Crippen molar-refractivity contribution in [2.24, 2.45) is 5.92 Å². The number of hydrogen-bond acceptors (Lipinski definition) is 0. The van der Waals surface area contributed by atoms with Crippen LogP contribution in [-0.2, 0) is 0 Å². The van der Waals surface area contributed by atoms with Crippen molar-refractivity contribution in [1.29, 1.82) is 0 Å². The number of aryl methyl sites for hydroxylation is 1. The maximum Gasteiger partial charge on any atom is -0.0236 e. The van der Waals surface area contributed by atoms with Gasteiger partial charge >= 0.3 is 0 Å². The number of benzene rings is 1. The first kappa shape index (κ1) is 34.0. The van der Waals surface area contributed by atoms with E-state index in [9.17, 15) is 0 Å². The first-order chi connectivity index (χ1) is 13.7. The van der Waals surface area contributed by atoms with Gasteiger partial charge in [0, 0.05) is 0 Å². The minimum absolute atomic E-state index is 0.851. The predicted molar refractivity (Wildman–Crippen MR) is 136 cm³/mol. The number of hydrogen-bond donors (Lipinski definition) is 0. The summed E-state index contributed by atoms with van der Waals surface area (Å²) < 4.78 is 0. The zero-order valence-corrected chi connectivity index (χ0v) is 20.3. The summed E-state index contributed by atoms with van der Waals surface area (Å²) in [6, 6.07) is 10.3. The molecule has 28 heavy (non-hydrogen) atoms. The van der Waals surface area contributed by atoms with Crippen LogP contribution in [0.4, 0.5) is 0 Å². The third-order valence-electron chi connectivity index (χ3n) is 3.94. The van der Waals surface area contributed by atoms with Crippen LogP contribution in [0, 0.1) is 12.8 Å². The van der Waals surface area contributed by atoms with Crippen molar-refractivity contribution in [3.05, 3.63) is 74.4 Å². The number of rotatable bonds is 5. The van der Waals surface area contributed by atoms with Crippen molar-refractivity contribution in [2.75, 3.05) is 0 Å². The Morgan fingerprint density at radius 1 is 0.857 bits per heavy atom. The third kappa shape index (κ3) is 32.1. The normalized spacial score (nSPS) is 11.5. The highest BCUT2D eigenvalue weighted by molar-refractivity contribution is 5.11. The average molecular weight is 389 g/mol. The standard InChI is InChI=1S/C8H14.C7H8.C7H14.2C2H6.C2H4/c1-2-8-6-4-3-5-7-8;1-7-5-3-2-4-6-7;1-3-5-7-6-4-2;3*1-2/h2,8H,1,3-7H2;2-6H,1H3;3H,1,4-7H2,2H3;2*1-2H3;1-2H2. The largest absolute Gasteiger partial charge is 0.106 e. The quantitative estimate of drug-likeness (QED) is 0.347. The molecule has 0 saturated heterocycles. The second-order valence-electron chi connectivity index (χ2n) is 6.07. The Morgan fingerprint density at radius 3 is 1.64 bits per heavy atom. The minimum Gasteiger partial charge on any atom is -0.106 e. The molecular formula is C28H52. The maximum absolute atomic E-state index is 3.78. The van der Waals surface area contributed by atoms with E-state index in [0.717, 1.165) is 5.92 Å². The summed E-state index contributed by atoms with van der Waals surface area (Å²) in [5.41, 5.74) is 1.32. The number of allylic oxidation sites excluding steroid dienone is 2. The Labute approximate surface area is 179 Å². The van der Waals surface area contributed by atoms with E-state index in [0.29, 0.717) is 0 Å². The Bertz CT molecular complexity index is 357. The van der Waals surface area contributed by atoms with Crippen LogP contribution < -0.4 is 0 Å². The van der Waals surface area contributed by atoms with Gasteiger partial charge in [-0.05, 0) is 38.5 Å². The summed E-state index contributed by atoms with van der Waals surface area (Å²) in [5, 5.41) is 0. The summed E-state index contributed by atoms with van der Waals surface area (Å²) in [5.74, 6) is 0.851. The molecule has 0 bridgehead atoms. The average Bonchev–Trinajstić information content (AvgIpc) is 2.80. The lowest BCUT2D eigenvalue weighted by Crippen LogP contribution is -2.01. The molecule has 1 fully saturated rings. The lowest BCUT2D eigenvalue weighted by Gasteiger charge is -2.16. The highest BCUT2D eigenvalue weighted by atomic mass is 14.1. The lowest BCUT2D eigenvalue weighted by molar-refractivity contribution is 0.420. The van der Waals surface area contributed by atoms with Crippen LogP contribution in [0.15, 0.2) is 68.8 Å². The van der Waals surface area contributed by atoms with Crippen LogP contribution in [0.1, 0.15) is 98.0 Å². The second-order valence-corrected chi connectivity index (χ2v) is 6.07. The van der Waals surface area contributed by atoms with Gasteiger partial charge in [0.25, 0.3) is 0 Å². The first-order valence-corrected chi connectivity index (χ1v) is 11.5. The van der Waals surface area contributed by atoms with Crippen LogP contribution in [0.2, 0.25) is 0 Å². The fourth-order valence-electron chi connectivity index (χ4n) is 2.44. The molecule has 1 saturated carbocycles. The molecule has 0 heteroatoms. The molecule has 0 unspecified atom stereocenters. The topological polar surface area (TPSA) is 0 Å². The van der Waals surface area contributed by atoms with Crippen molar-refractivity contribution in [2.45, 2.75) is 99.3 Å². The van der Waals surface area contributed by atoms with E-state index in [2.05, 4.69) is 58.4 Å². The Hall–Kier alpha value is -1.56. The predicted octanol–water partition coefficient (Wildman–Crippen LogP) is 10.4. The fourth-order valence-corrected chi connectivity index (χ4v) is 2.44. The minimum atomic E-state index is 0.851. The second kappa shape index (κ2) is 36.4. The van der Waals surface area contributed by atoms with Gasteiger partial charge in [-0.3, -0.25) is 0 Å². The van der Waals surface area contributed by atoms with E-state index in [1.165, 1.54) is 63.4 Å². The molecule has 1 aromatic carbocycles. The fraction of sp³-hybridized carbons (Fsp3) is 0.571. The van der Waals surface area contributed by atoms with Gasteiger partial charge in [-0.1, -0.05) is 115 Å². The molecule has 0 heterocycles. The molecule has 1 aliphatic rings. The molecule has 0 spiro atoms. The van der Waals surface area contributed by atoms with Crippen LogP contribution in [-0.4, -0.2) is 0 Å². The van der Waals surface area contributed by atoms with Gasteiger partial charge in [-0.25, -0.2) is 0 Å². The zero-order valence-electron chi connectivity index (χ0n) is 20.3. The van der Waals surface area contributed by atoms with Crippen LogP contribution in [0.3, 0.4) is 0 Å². The van der Waals surface area contributed by atoms with E-state index in [1.54, 1.807) is 0 Å². The summed E-state index contributed by atoms with van der Waals surface area (Å²) in [6.07, 6.45) is 16.4. The summed E-state index contributed by atoms with van der Waals surface area (Å²) in [7, 11) is 0. The van der Waals surface area contributed by atoms with Gasteiger partial charge in [-0.2, -0.15) is 0 Å². The highest BCUT2D eigenvalue weighted by Gasteiger charge is 2.07. The highest BCUT2D eigenvalue weighted by Crippen LogP contribution is 2.23. The van der Waals surface area contributed by atoms with E-state index >= 15 is 0 Å². The smallest absolute Gasteiger partial charge is 0.0236 e. The van der Waals surface area contributed by atoms with Crippen molar-refractivity contribution < 1.29 is 0 Å². The lowest BCUT2D eigenvalue weighted by atomic mass is 9.90. The van der Waals surface area contributed by atoms with Crippen molar-refractivity contribution in [3.63, 3.8) is 0 Å². The molecule has 0 radical (unpaired) electrons. The summed E-state index contributed by atoms with van der Waals surface area (Å²) in [4.78, 5) is 0. The van der Waals surface area contributed by atoms with Crippen molar-refractivity contribution >= 4 is 0 Å². The van der Waals surface area contributed by atoms with Crippen LogP contribution in [0.5, 0.6) is 0 Å². The molecule has 1 aromatic rings. The van der Waals surface area contributed by atoms with E-state index < -0.39 is 0 Å². The molecule has 2 rings (SSSR count). The molecule has 164 valence electrons. The first-order valence-electron chi connectivity index (χ1n) is 11.5. The van der Waals surface area contributed by atoms with E-state index in [4.69, 9.17) is 0 Å². The molecule has 0 N–H and O–H groups in total. The van der Waals surface area contributed by atoms with Gasteiger partial charge in [0.05, 0.1) is 0 Å². The Kier molecular flexibility index (Phi) is 44.1. The van der Waals surface area contributed by atoms with Crippen molar-refractivity contribution in [3.8, 4) is 0 Å². The molecule has 0 aromatic heterocycles. The summed E-state index contributed by atoms with van der Waals surface area (Å²) in [6.45, 7) is 25.7. The van der Waals surface area contributed by atoms with Gasteiger partial charge in [0.1, 0.15) is 0 Å². The van der Waals surface area contributed by atoms with Crippen molar-refractivity contribution in [1.82, 2.24) is 0 Å². The molecule has 0 atom stereocenters. The number of unbranched alkanes of at least 4 members (excludes halogenated alkanes) is 3. The molecule has 0 nitrogen and oxygen atoms in total. The third-order valence-corrected chi connectivity index (χ3v) is 3.94. The van der Waals surface area contributed by atoms with Crippen LogP contribution >= 0.6 is 0 Å². The molecular weight excluding hydrogens is 336 g/mol. The van der Waals surface area contributed by atoms with E-state index in [1.807, 2.05) is 52.0 Å². The Morgan fingerprint density at radius 2 is 1.36 bits per heavy atom. The van der Waals surface area contributed by atoms with Crippen LogP contribution in [0.25, 0.3) is 0 Å². The molecule has 0 aliphatic heterocycles. The molecule has 1 aliphatic carbocycles. The SMILES string of the molecule is C=C.C=CC1CCCCC1.C=CCCCCC.CC.CC.Cc1ccccc1. The molecule has 0 amide bonds. The van der Waals surface area contributed by atoms with Gasteiger partial charge in [-0.15, -0.1) is 26.3 Å². The van der Waals surface area contributed by atoms with Gasteiger partial charge < -0.3 is 0 Å². The van der Waals surface area contributed by atoms with Gasteiger partial charge in [0.2, 0.25) is 0 Å². The zero-order chi connectivity index (χ0) is 22.5. The van der Waals surface area contributed by atoms with Gasteiger partial charge in [0.15, 0.2) is 0 Å². The maximum atomic E-state index is 3.78. The summed E-state index contributed by atoms with van der Waals surface area (Å²) >= 11 is 0. The Balaban J connectivity index is -0.000000136. The monoisotopic (exact) mass is 388 g/mol.